The van der Waals surface area contributed by atoms with E-state index in [1.807, 2.05) is 29.9 Å². The molecule has 1 aromatic heterocycles. The number of nitrogens with two attached hydrogens (primary N) is 1. The molecule has 94 valence electrons. The van der Waals surface area contributed by atoms with Gasteiger partial charge in [0.15, 0.2) is 0 Å². The molecule has 0 amide bonds. The molecule has 6 heteroatoms. The van der Waals surface area contributed by atoms with Gasteiger partial charge in [0.1, 0.15) is 10.8 Å². The van der Waals surface area contributed by atoms with Crippen LogP contribution in [0.4, 0.5) is 5.69 Å². The van der Waals surface area contributed by atoms with Crippen molar-refractivity contribution in [1.29, 1.82) is 0 Å². The Hall–Kier alpha value is -1.59. The lowest BCUT2D eigenvalue weighted by atomic mass is 10.1. The van der Waals surface area contributed by atoms with Crippen LogP contribution in [0.25, 0.3) is 0 Å². The summed E-state index contributed by atoms with van der Waals surface area (Å²) in [5.74, 6) is 0.920. The number of nitrogens with one attached hydrogen (secondary N) is 1. The molecule has 0 aliphatic heterocycles. The van der Waals surface area contributed by atoms with Gasteiger partial charge < -0.3 is 15.6 Å². The van der Waals surface area contributed by atoms with Crippen LogP contribution in [0.2, 0.25) is 5.02 Å². The Morgan fingerprint density at radius 3 is 2.94 bits per heavy atom. The SMILES string of the molecule is Cn1ccnc1CNc1cccc(Cl)c1C(N)=S. The van der Waals surface area contributed by atoms with Crippen molar-refractivity contribution in [2.45, 2.75) is 6.54 Å². The van der Waals surface area contributed by atoms with Gasteiger partial charge in [-0.25, -0.2) is 4.98 Å². The van der Waals surface area contributed by atoms with E-state index in [2.05, 4.69) is 10.3 Å². The second-order valence-electron chi connectivity index (χ2n) is 3.83. The molecule has 0 saturated heterocycles. The first kappa shape index (κ1) is 12.9. The van der Waals surface area contributed by atoms with Crippen molar-refractivity contribution in [3.63, 3.8) is 0 Å². The second kappa shape index (κ2) is 5.37. The summed E-state index contributed by atoms with van der Waals surface area (Å²) in [6.45, 7) is 0.583. The zero-order chi connectivity index (χ0) is 13.1. The molecule has 1 aromatic carbocycles. The molecule has 0 aliphatic rings. The fourth-order valence-electron chi connectivity index (χ4n) is 1.66. The molecule has 0 atom stereocenters. The average Bonchev–Trinajstić information content (AvgIpc) is 2.71. The summed E-state index contributed by atoms with van der Waals surface area (Å²) in [5, 5.41) is 3.79. The highest BCUT2D eigenvalue weighted by Gasteiger charge is 2.10. The van der Waals surface area contributed by atoms with Crippen LogP contribution < -0.4 is 11.1 Å². The highest BCUT2D eigenvalue weighted by Crippen LogP contribution is 2.24. The smallest absolute Gasteiger partial charge is 0.127 e. The van der Waals surface area contributed by atoms with Gasteiger partial charge in [0.05, 0.1) is 17.1 Å². The minimum absolute atomic E-state index is 0.281. The van der Waals surface area contributed by atoms with Gasteiger partial charge in [0, 0.05) is 25.1 Å². The lowest BCUT2D eigenvalue weighted by Gasteiger charge is -2.12. The van der Waals surface area contributed by atoms with Crippen LogP contribution >= 0.6 is 23.8 Å². The van der Waals surface area contributed by atoms with Gasteiger partial charge in [0.25, 0.3) is 0 Å². The molecule has 2 aromatic rings. The van der Waals surface area contributed by atoms with E-state index in [0.29, 0.717) is 17.1 Å². The van der Waals surface area contributed by atoms with Crippen molar-refractivity contribution in [2.24, 2.45) is 12.8 Å². The Morgan fingerprint density at radius 1 is 1.56 bits per heavy atom. The zero-order valence-corrected chi connectivity index (χ0v) is 11.4. The number of aromatic nitrogens is 2. The normalized spacial score (nSPS) is 10.3. The lowest BCUT2D eigenvalue weighted by molar-refractivity contribution is 0.813. The number of anilines is 1. The van der Waals surface area contributed by atoms with Crippen molar-refractivity contribution >= 4 is 34.5 Å². The summed E-state index contributed by atoms with van der Waals surface area (Å²) < 4.78 is 1.94. The largest absolute Gasteiger partial charge is 0.389 e. The number of rotatable bonds is 4. The Bertz CT molecular complexity index is 579. The molecule has 0 bridgehead atoms. The average molecular weight is 281 g/mol. The van der Waals surface area contributed by atoms with Crippen molar-refractivity contribution < 1.29 is 0 Å². The number of halogens is 1. The summed E-state index contributed by atoms with van der Waals surface area (Å²) in [4.78, 5) is 4.51. The fraction of sp³-hybridized carbons (Fsp3) is 0.167. The Balaban J connectivity index is 2.22. The van der Waals surface area contributed by atoms with Gasteiger partial charge in [-0.2, -0.15) is 0 Å². The Morgan fingerprint density at radius 2 is 2.33 bits per heavy atom. The Kier molecular flexibility index (Phi) is 3.84. The van der Waals surface area contributed by atoms with E-state index in [0.717, 1.165) is 11.5 Å². The van der Waals surface area contributed by atoms with E-state index in [-0.39, 0.29) is 4.99 Å². The highest BCUT2D eigenvalue weighted by atomic mass is 35.5. The molecule has 4 nitrogen and oxygen atoms in total. The summed E-state index contributed by atoms with van der Waals surface area (Å²) in [6.07, 6.45) is 3.65. The minimum atomic E-state index is 0.281. The number of hydrogen-bond donors (Lipinski definition) is 2. The maximum absolute atomic E-state index is 6.09. The summed E-state index contributed by atoms with van der Waals surface area (Å²) in [7, 11) is 1.94. The molecule has 0 fully saturated rings. The summed E-state index contributed by atoms with van der Waals surface area (Å²) >= 11 is 11.1. The second-order valence-corrected chi connectivity index (χ2v) is 4.68. The van der Waals surface area contributed by atoms with Crippen LogP contribution in [-0.2, 0) is 13.6 Å². The molecule has 2 rings (SSSR count). The summed E-state index contributed by atoms with van der Waals surface area (Å²) in [6, 6.07) is 5.51. The summed E-state index contributed by atoms with van der Waals surface area (Å²) in [5.41, 5.74) is 7.17. The minimum Gasteiger partial charge on any atom is -0.389 e. The molecule has 0 saturated carbocycles. The molecule has 3 N–H and O–H groups in total. The number of thiocarbonyl (C=S) groups is 1. The van der Waals surface area contributed by atoms with Gasteiger partial charge in [-0.3, -0.25) is 0 Å². The van der Waals surface area contributed by atoms with E-state index in [1.165, 1.54) is 0 Å². The first-order chi connectivity index (χ1) is 8.59. The van der Waals surface area contributed by atoms with Crippen molar-refractivity contribution in [2.75, 3.05) is 5.32 Å². The highest BCUT2D eigenvalue weighted by molar-refractivity contribution is 7.80. The van der Waals surface area contributed by atoms with E-state index >= 15 is 0 Å². The third-order valence-electron chi connectivity index (χ3n) is 2.62. The lowest BCUT2D eigenvalue weighted by Crippen LogP contribution is -2.14. The van der Waals surface area contributed by atoms with E-state index in [1.54, 1.807) is 12.3 Å². The van der Waals surface area contributed by atoms with Crippen molar-refractivity contribution in [1.82, 2.24) is 9.55 Å². The molecule has 18 heavy (non-hydrogen) atoms. The quantitative estimate of drug-likeness (QED) is 0.844. The molecule has 1 heterocycles. The Labute approximate surface area is 116 Å². The predicted octanol–water partition coefficient (Wildman–Crippen LogP) is 2.32. The van der Waals surface area contributed by atoms with Crippen LogP contribution in [0.1, 0.15) is 11.4 Å². The van der Waals surface area contributed by atoms with E-state index in [9.17, 15) is 0 Å². The van der Waals surface area contributed by atoms with Crippen molar-refractivity contribution in [3.8, 4) is 0 Å². The molecular formula is C12H13ClN4S. The molecule has 0 aliphatic carbocycles. The van der Waals surface area contributed by atoms with Gasteiger partial charge in [-0.15, -0.1) is 0 Å². The topological polar surface area (TPSA) is 55.9 Å². The van der Waals surface area contributed by atoms with E-state index < -0.39 is 0 Å². The number of benzene rings is 1. The third-order valence-corrected chi connectivity index (χ3v) is 3.14. The third kappa shape index (κ3) is 2.63. The fourth-order valence-corrected chi connectivity index (χ4v) is 2.22. The molecule has 0 unspecified atom stereocenters. The van der Waals surface area contributed by atoms with E-state index in [4.69, 9.17) is 29.6 Å². The predicted molar refractivity (Wildman–Crippen MR) is 77.9 cm³/mol. The first-order valence-corrected chi connectivity index (χ1v) is 6.16. The molecule has 0 radical (unpaired) electrons. The zero-order valence-electron chi connectivity index (χ0n) is 9.85. The van der Waals surface area contributed by atoms with Gasteiger partial charge in [0.2, 0.25) is 0 Å². The number of imidazole rings is 1. The van der Waals surface area contributed by atoms with Crippen LogP contribution in [0.3, 0.4) is 0 Å². The van der Waals surface area contributed by atoms with Gasteiger partial charge >= 0.3 is 0 Å². The van der Waals surface area contributed by atoms with Crippen LogP contribution in [0.15, 0.2) is 30.6 Å². The molecular weight excluding hydrogens is 268 g/mol. The van der Waals surface area contributed by atoms with Gasteiger partial charge in [-0.1, -0.05) is 29.9 Å². The monoisotopic (exact) mass is 280 g/mol. The van der Waals surface area contributed by atoms with Crippen molar-refractivity contribution in [3.05, 3.63) is 47.0 Å². The van der Waals surface area contributed by atoms with Crippen LogP contribution in [0, 0.1) is 0 Å². The number of aryl methyl sites for hydroxylation is 1. The van der Waals surface area contributed by atoms with Crippen LogP contribution in [-0.4, -0.2) is 14.5 Å². The molecule has 0 spiro atoms. The maximum atomic E-state index is 6.09. The maximum Gasteiger partial charge on any atom is 0.127 e. The standard InChI is InChI=1S/C12H13ClN4S/c1-17-6-5-15-10(17)7-16-9-4-2-3-8(13)11(9)12(14)18/h2-6,16H,7H2,1H3,(H2,14,18). The van der Waals surface area contributed by atoms with Gasteiger partial charge in [-0.05, 0) is 12.1 Å². The van der Waals surface area contributed by atoms with Crippen LogP contribution in [0.5, 0.6) is 0 Å². The number of nitrogens with zero attached hydrogens (tertiary/aromatic N) is 2. The first-order valence-electron chi connectivity index (χ1n) is 5.38. The number of hydrogen-bond acceptors (Lipinski definition) is 3.